The van der Waals surface area contributed by atoms with Crippen LogP contribution in [0.25, 0.3) is 0 Å². The van der Waals surface area contributed by atoms with Gasteiger partial charge in [-0.3, -0.25) is 0 Å². The molecule has 0 bridgehead atoms. The van der Waals surface area contributed by atoms with E-state index in [1.165, 1.54) is 17.1 Å². The Hall–Kier alpha value is -0.440. The number of allylic oxidation sites excluding steroid dienone is 2. The molecule has 1 heterocycles. The van der Waals surface area contributed by atoms with E-state index < -0.39 is 0 Å². The Kier molecular flexibility index (Phi) is 3.36. The first-order valence-corrected chi connectivity index (χ1v) is 4.29. The molecule has 3 heteroatoms. The van der Waals surface area contributed by atoms with Crippen molar-refractivity contribution in [1.29, 1.82) is 0 Å². The standard InChI is InChI=1S/C7H11NOS/c1-9-8-5-4-7-3-2-6-10-7/h3,5H,2,4,6H2,1H3. The zero-order valence-corrected chi connectivity index (χ0v) is 6.86. The molecule has 1 aliphatic rings. The third-order valence-electron chi connectivity index (χ3n) is 1.25. The van der Waals surface area contributed by atoms with E-state index >= 15 is 0 Å². The van der Waals surface area contributed by atoms with Gasteiger partial charge < -0.3 is 4.84 Å². The van der Waals surface area contributed by atoms with Crippen molar-refractivity contribution in [1.82, 2.24) is 0 Å². The largest absolute Gasteiger partial charge is 0.399 e. The van der Waals surface area contributed by atoms with E-state index in [2.05, 4.69) is 16.1 Å². The zero-order chi connectivity index (χ0) is 7.23. The molecule has 1 aliphatic heterocycles. The molecule has 0 aliphatic carbocycles. The molecule has 0 amide bonds. The SMILES string of the molecule is CON=CCC1=CCCS1. The average Bonchev–Trinajstić information content (AvgIpc) is 2.41. The van der Waals surface area contributed by atoms with Crippen molar-refractivity contribution in [3.05, 3.63) is 11.0 Å². The molecule has 1 rings (SSSR count). The number of hydrogen-bond acceptors (Lipinski definition) is 3. The Bertz CT molecular complexity index is 154. The van der Waals surface area contributed by atoms with E-state index in [1.807, 2.05) is 11.8 Å². The van der Waals surface area contributed by atoms with E-state index in [1.54, 1.807) is 13.3 Å². The van der Waals surface area contributed by atoms with Crippen LogP contribution in [0.5, 0.6) is 0 Å². The first-order valence-electron chi connectivity index (χ1n) is 3.30. The molecule has 0 aromatic carbocycles. The maximum atomic E-state index is 4.53. The zero-order valence-electron chi connectivity index (χ0n) is 6.04. The second-order valence-corrected chi connectivity index (χ2v) is 3.20. The van der Waals surface area contributed by atoms with Crippen LogP contribution in [0.1, 0.15) is 12.8 Å². The van der Waals surface area contributed by atoms with Crippen molar-refractivity contribution in [2.24, 2.45) is 5.16 Å². The molecule has 0 aromatic heterocycles. The molecule has 0 atom stereocenters. The third kappa shape index (κ3) is 2.43. The van der Waals surface area contributed by atoms with Gasteiger partial charge in [-0.05, 0) is 11.3 Å². The summed E-state index contributed by atoms with van der Waals surface area (Å²) in [5.41, 5.74) is 0. The monoisotopic (exact) mass is 157 g/mol. The molecule has 0 radical (unpaired) electrons. The van der Waals surface area contributed by atoms with Crippen molar-refractivity contribution in [3.8, 4) is 0 Å². The van der Waals surface area contributed by atoms with Crippen molar-refractivity contribution in [2.75, 3.05) is 12.9 Å². The van der Waals surface area contributed by atoms with Gasteiger partial charge in [0.15, 0.2) is 0 Å². The van der Waals surface area contributed by atoms with Gasteiger partial charge >= 0.3 is 0 Å². The van der Waals surface area contributed by atoms with E-state index in [-0.39, 0.29) is 0 Å². The summed E-state index contributed by atoms with van der Waals surface area (Å²) in [7, 11) is 1.56. The van der Waals surface area contributed by atoms with Gasteiger partial charge in [-0.25, -0.2) is 0 Å². The second-order valence-electron chi connectivity index (χ2n) is 1.98. The fourth-order valence-electron chi connectivity index (χ4n) is 0.813. The van der Waals surface area contributed by atoms with Crippen LogP contribution >= 0.6 is 11.8 Å². The Morgan fingerprint density at radius 1 is 1.90 bits per heavy atom. The molecule has 0 unspecified atom stereocenters. The fraction of sp³-hybridized carbons (Fsp3) is 0.571. The first kappa shape index (κ1) is 7.66. The molecule has 2 nitrogen and oxygen atoms in total. The van der Waals surface area contributed by atoms with Gasteiger partial charge in [-0.2, -0.15) is 0 Å². The summed E-state index contributed by atoms with van der Waals surface area (Å²) >= 11 is 1.91. The van der Waals surface area contributed by atoms with E-state index in [0.29, 0.717) is 0 Å². The van der Waals surface area contributed by atoms with Crippen molar-refractivity contribution in [3.63, 3.8) is 0 Å². The molecular formula is C7H11NOS. The summed E-state index contributed by atoms with van der Waals surface area (Å²) in [6.45, 7) is 0. The highest BCUT2D eigenvalue weighted by molar-refractivity contribution is 8.03. The molecule has 0 aromatic rings. The lowest BCUT2D eigenvalue weighted by molar-refractivity contribution is 0.215. The fourth-order valence-corrected chi connectivity index (χ4v) is 1.74. The molecule has 0 fully saturated rings. The molecule has 56 valence electrons. The van der Waals surface area contributed by atoms with Gasteiger partial charge in [0.05, 0.1) is 0 Å². The van der Waals surface area contributed by atoms with Gasteiger partial charge in [0.2, 0.25) is 0 Å². The number of nitrogens with zero attached hydrogens (tertiary/aromatic N) is 1. The van der Waals surface area contributed by atoms with Crippen LogP contribution in [-0.4, -0.2) is 19.1 Å². The van der Waals surface area contributed by atoms with Crippen LogP contribution in [0.4, 0.5) is 0 Å². The summed E-state index contributed by atoms with van der Waals surface area (Å²) in [4.78, 5) is 5.95. The lowest BCUT2D eigenvalue weighted by Crippen LogP contribution is -1.77. The van der Waals surface area contributed by atoms with Crippen LogP contribution in [0.3, 0.4) is 0 Å². The normalized spacial score (nSPS) is 17.9. The van der Waals surface area contributed by atoms with Crippen molar-refractivity contribution >= 4 is 18.0 Å². The lowest BCUT2D eigenvalue weighted by Gasteiger charge is -1.91. The number of oxime groups is 1. The number of hydrogen-bond donors (Lipinski definition) is 0. The first-order chi connectivity index (χ1) is 4.93. The van der Waals surface area contributed by atoms with E-state index in [4.69, 9.17) is 0 Å². The summed E-state index contributed by atoms with van der Waals surface area (Å²) in [5, 5.41) is 3.66. The molecular weight excluding hydrogens is 146 g/mol. The maximum absolute atomic E-state index is 4.53. The van der Waals surface area contributed by atoms with Crippen LogP contribution in [0.2, 0.25) is 0 Å². The van der Waals surface area contributed by atoms with Crippen LogP contribution in [0.15, 0.2) is 16.1 Å². The highest BCUT2D eigenvalue weighted by Gasteiger charge is 2.02. The Labute approximate surface area is 65.3 Å². The minimum absolute atomic E-state index is 0.929. The molecule has 0 saturated carbocycles. The quantitative estimate of drug-likeness (QED) is 0.462. The minimum Gasteiger partial charge on any atom is -0.399 e. The van der Waals surface area contributed by atoms with Crippen molar-refractivity contribution < 1.29 is 4.84 Å². The van der Waals surface area contributed by atoms with Gasteiger partial charge in [0.1, 0.15) is 7.11 Å². The Balaban J connectivity index is 2.18. The van der Waals surface area contributed by atoms with Gasteiger partial charge in [-0.1, -0.05) is 11.2 Å². The smallest absolute Gasteiger partial charge is 0.106 e. The maximum Gasteiger partial charge on any atom is 0.106 e. The summed E-state index contributed by atoms with van der Waals surface area (Å²) in [6, 6.07) is 0. The topological polar surface area (TPSA) is 21.6 Å². The van der Waals surface area contributed by atoms with Gasteiger partial charge in [0, 0.05) is 18.4 Å². The summed E-state index contributed by atoms with van der Waals surface area (Å²) in [5.74, 6) is 1.23. The van der Waals surface area contributed by atoms with Crippen LogP contribution in [-0.2, 0) is 4.84 Å². The lowest BCUT2D eigenvalue weighted by atomic mass is 10.3. The Morgan fingerprint density at radius 2 is 2.80 bits per heavy atom. The Morgan fingerprint density at radius 3 is 3.40 bits per heavy atom. The number of rotatable bonds is 3. The third-order valence-corrected chi connectivity index (χ3v) is 2.39. The van der Waals surface area contributed by atoms with Crippen molar-refractivity contribution in [2.45, 2.75) is 12.8 Å². The minimum atomic E-state index is 0.929. The predicted molar refractivity (Wildman–Crippen MR) is 45.3 cm³/mol. The predicted octanol–water partition coefficient (Wildman–Crippen LogP) is 2.03. The van der Waals surface area contributed by atoms with E-state index in [0.717, 1.165) is 6.42 Å². The molecule has 0 saturated heterocycles. The highest BCUT2D eigenvalue weighted by atomic mass is 32.2. The summed E-state index contributed by atoms with van der Waals surface area (Å²) in [6.07, 6.45) is 6.19. The van der Waals surface area contributed by atoms with Crippen LogP contribution < -0.4 is 0 Å². The molecule has 0 spiro atoms. The van der Waals surface area contributed by atoms with Gasteiger partial charge in [-0.15, -0.1) is 11.8 Å². The van der Waals surface area contributed by atoms with E-state index in [9.17, 15) is 0 Å². The molecule has 0 N–H and O–H groups in total. The van der Waals surface area contributed by atoms with Crippen LogP contribution in [0, 0.1) is 0 Å². The second kappa shape index (κ2) is 4.39. The average molecular weight is 157 g/mol. The van der Waals surface area contributed by atoms with Gasteiger partial charge in [0.25, 0.3) is 0 Å². The number of thioether (sulfide) groups is 1. The highest BCUT2D eigenvalue weighted by Crippen LogP contribution is 2.26. The summed E-state index contributed by atoms with van der Waals surface area (Å²) < 4.78 is 0. The molecule has 10 heavy (non-hydrogen) atoms.